The molecule has 0 aromatic heterocycles. The number of nitrogens with one attached hydrogen (secondary N) is 1. The summed E-state index contributed by atoms with van der Waals surface area (Å²) in [7, 11) is 1.99. The predicted molar refractivity (Wildman–Crippen MR) is 68.8 cm³/mol. The molecule has 2 aliphatic rings. The molecule has 0 aliphatic carbocycles. The summed E-state index contributed by atoms with van der Waals surface area (Å²) in [5.74, 6) is 1.54. The van der Waals surface area contributed by atoms with Gasteiger partial charge in [0.1, 0.15) is 0 Å². The summed E-state index contributed by atoms with van der Waals surface area (Å²) in [6.45, 7) is 2.11. The fourth-order valence-electron chi connectivity index (χ4n) is 2.54. The van der Waals surface area contributed by atoms with Crippen LogP contribution in [0.15, 0.2) is 0 Å². The Balaban J connectivity index is 1.86. The molecule has 1 atom stereocenters. The van der Waals surface area contributed by atoms with Gasteiger partial charge in [0.2, 0.25) is 5.91 Å². The topological polar surface area (TPSA) is 32.3 Å². The minimum Gasteiger partial charge on any atom is -0.342 e. The van der Waals surface area contributed by atoms with E-state index in [9.17, 15) is 4.79 Å². The Morgan fingerprint density at radius 1 is 1.25 bits per heavy atom. The van der Waals surface area contributed by atoms with Crippen molar-refractivity contribution in [1.29, 1.82) is 0 Å². The molecule has 2 aliphatic heterocycles. The van der Waals surface area contributed by atoms with Crippen molar-refractivity contribution in [3.63, 3.8) is 0 Å². The summed E-state index contributed by atoms with van der Waals surface area (Å²) in [6, 6.07) is 0.469. The smallest absolute Gasteiger partial charge is 0.235 e. The average molecular weight is 242 g/mol. The molecule has 2 heterocycles. The maximum atomic E-state index is 12.3. The predicted octanol–water partition coefficient (Wildman–Crippen LogP) is 1.48. The molecule has 0 aromatic rings. The van der Waals surface area contributed by atoms with Crippen molar-refractivity contribution in [2.75, 3.05) is 25.9 Å². The molecular weight excluding hydrogens is 220 g/mol. The van der Waals surface area contributed by atoms with Crippen molar-refractivity contribution in [2.45, 2.75) is 43.4 Å². The molecule has 1 unspecified atom stereocenters. The Labute approximate surface area is 102 Å². The molecule has 4 heteroatoms. The highest BCUT2D eigenvalue weighted by molar-refractivity contribution is 8.00. The SMILES string of the molecule is CN(C(=O)C1CCCCS1)C1CCNCC1. The van der Waals surface area contributed by atoms with Gasteiger partial charge in [-0.1, -0.05) is 6.42 Å². The van der Waals surface area contributed by atoms with Crippen LogP contribution >= 0.6 is 11.8 Å². The molecule has 2 fully saturated rings. The number of hydrogen-bond donors (Lipinski definition) is 1. The number of hydrogen-bond acceptors (Lipinski definition) is 3. The summed E-state index contributed by atoms with van der Waals surface area (Å²) in [5.41, 5.74) is 0. The normalized spacial score (nSPS) is 27.7. The van der Waals surface area contributed by atoms with Gasteiger partial charge >= 0.3 is 0 Å². The number of amides is 1. The molecule has 1 amide bonds. The Hall–Kier alpha value is -0.220. The van der Waals surface area contributed by atoms with Crippen LogP contribution in [-0.4, -0.2) is 48.0 Å². The van der Waals surface area contributed by atoms with Crippen molar-refractivity contribution in [3.05, 3.63) is 0 Å². The van der Waals surface area contributed by atoms with Crippen molar-refractivity contribution in [1.82, 2.24) is 10.2 Å². The van der Waals surface area contributed by atoms with Crippen LogP contribution in [0.5, 0.6) is 0 Å². The number of rotatable bonds is 2. The van der Waals surface area contributed by atoms with Crippen LogP contribution < -0.4 is 5.32 Å². The molecule has 0 radical (unpaired) electrons. The van der Waals surface area contributed by atoms with Crippen LogP contribution in [0.4, 0.5) is 0 Å². The summed E-state index contributed by atoms with van der Waals surface area (Å²) in [6.07, 6.45) is 5.81. The van der Waals surface area contributed by atoms with Crippen LogP contribution in [0.1, 0.15) is 32.1 Å². The fourth-order valence-corrected chi connectivity index (χ4v) is 3.83. The van der Waals surface area contributed by atoms with E-state index < -0.39 is 0 Å². The molecule has 0 saturated carbocycles. The van der Waals surface area contributed by atoms with E-state index in [2.05, 4.69) is 5.32 Å². The lowest BCUT2D eigenvalue weighted by Gasteiger charge is -2.34. The van der Waals surface area contributed by atoms with Crippen LogP contribution in [0.3, 0.4) is 0 Å². The van der Waals surface area contributed by atoms with E-state index in [1.165, 1.54) is 12.8 Å². The first kappa shape index (κ1) is 12.2. The Morgan fingerprint density at radius 2 is 2.00 bits per heavy atom. The summed E-state index contributed by atoms with van der Waals surface area (Å²) in [5, 5.41) is 3.59. The third-order valence-electron chi connectivity index (χ3n) is 3.66. The number of carbonyl (C=O) groups excluding carboxylic acids is 1. The van der Waals surface area contributed by atoms with Gasteiger partial charge < -0.3 is 10.2 Å². The van der Waals surface area contributed by atoms with Crippen molar-refractivity contribution in [2.24, 2.45) is 0 Å². The second-order valence-corrected chi connectivity index (χ2v) is 6.10. The Morgan fingerprint density at radius 3 is 2.62 bits per heavy atom. The van der Waals surface area contributed by atoms with Crippen molar-refractivity contribution in [3.8, 4) is 0 Å². The summed E-state index contributed by atoms with van der Waals surface area (Å²) in [4.78, 5) is 14.3. The molecule has 2 saturated heterocycles. The zero-order valence-electron chi connectivity index (χ0n) is 10.1. The van der Waals surface area contributed by atoms with E-state index in [1.807, 2.05) is 23.7 Å². The standard InChI is InChI=1S/C12H22N2OS/c1-14(10-5-7-13-8-6-10)12(15)11-4-2-3-9-16-11/h10-11,13H,2-9H2,1H3. The average Bonchev–Trinajstić information content (AvgIpc) is 2.39. The minimum atomic E-state index is 0.244. The Bertz CT molecular complexity index is 235. The first-order chi connectivity index (χ1) is 7.79. The van der Waals surface area contributed by atoms with E-state index in [0.717, 1.165) is 38.1 Å². The van der Waals surface area contributed by atoms with Crippen LogP contribution in [-0.2, 0) is 4.79 Å². The molecule has 3 nitrogen and oxygen atoms in total. The highest BCUT2D eigenvalue weighted by Crippen LogP contribution is 2.27. The van der Waals surface area contributed by atoms with E-state index in [4.69, 9.17) is 0 Å². The van der Waals surface area contributed by atoms with Crippen LogP contribution in [0, 0.1) is 0 Å². The molecule has 1 N–H and O–H groups in total. The van der Waals surface area contributed by atoms with Gasteiger partial charge in [-0.2, -0.15) is 0 Å². The zero-order valence-corrected chi connectivity index (χ0v) is 10.9. The second kappa shape index (κ2) is 5.92. The van der Waals surface area contributed by atoms with Gasteiger partial charge in [-0.3, -0.25) is 4.79 Å². The van der Waals surface area contributed by atoms with E-state index in [0.29, 0.717) is 11.9 Å². The molecule has 92 valence electrons. The molecule has 0 aromatic carbocycles. The highest BCUT2D eigenvalue weighted by Gasteiger charge is 2.29. The van der Waals surface area contributed by atoms with E-state index in [-0.39, 0.29) is 5.25 Å². The van der Waals surface area contributed by atoms with Gasteiger partial charge in [0.15, 0.2) is 0 Å². The third kappa shape index (κ3) is 2.92. The van der Waals surface area contributed by atoms with Crippen molar-refractivity contribution >= 4 is 17.7 Å². The quantitative estimate of drug-likeness (QED) is 0.796. The minimum absolute atomic E-state index is 0.244. The summed E-state index contributed by atoms with van der Waals surface area (Å²) < 4.78 is 0. The zero-order chi connectivity index (χ0) is 11.4. The first-order valence-electron chi connectivity index (χ1n) is 6.38. The number of nitrogens with zero attached hydrogens (tertiary/aromatic N) is 1. The monoisotopic (exact) mass is 242 g/mol. The largest absolute Gasteiger partial charge is 0.342 e. The molecule has 16 heavy (non-hydrogen) atoms. The van der Waals surface area contributed by atoms with Crippen LogP contribution in [0.25, 0.3) is 0 Å². The van der Waals surface area contributed by atoms with E-state index >= 15 is 0 Å². The number of carbonyl (C=O) groups is 1. The first-order valence-corrected chi connectivity index (χ1v) is 7.43. The van der Waals surface area contributed by atoms with Gasteiger partial charge in [0.25, 0.3) is 0 Å². The fraction of sp³-hybridized carbons (Fsp3) is 0.917. The lowest BCUT2D eigenvalue weighted by molar-refractivity contribution is -0.132. The molecule has 0 bridgehead atoms. The Kier molecular flexibility index (Phi) is 4.53. The molecular formula is C12H22N2OS. The molecule has 0 spiro atoms. The summed E-state index contributed by atoms with van der Waals surface area (Å²) >= 11 is 1.86. The van der Waals surface area contributed by atoms with Gasteiger partial charge in [-0.05, 0) is 44.5 Å². The third-order valence-corrected chi connectivity index (χ3v) is 5.02. The number of piperidine rings is 1. The van der Waals surface area contributed by atoms with Gasteiger partial charge in [-0.15, -0.1) is 11.8 Å². The van der Waals surface area contributed by atoms with Gasteiger partial charge in [-0.25, -0.2) is 0 Å². The highest BCUT2D eigenvalue weighted by atomic mass is 32.2. The van der Waals surface area contributed by atoms with Crippen molar-refractivity contribution < 1.29 is 4.79 Å². The van der Waals surface area contributed by atoms with Gasteiger partial charge in [0.05, 0.1) is 5.25 Å². The van der Waals surface area contributed by atoms with E-state index in [1.54, 1.807) is 0 Å². The second-order valence-electron chi connectivity index (χ2n) is 4.79. The lowest BCUT2D eigenvalue weighted by atomic mass is 10.0. The maximum absolute atomic E-state index is 12.3. The van der Waals surface area contributed by atoms with Gasteiger partial charge in [0, 0.05) is 13.1 Å². The maximum Gasteiger partial charge on any atom is 0.235 e. The lowest BCUT2D eigenvalue weighted by Crippen LogP contribution is -2.47. The van der Waals surface area contributed by atoms with Crippen LogP contribution in [0.2, 0.25) is 0 Å². The number of thioether (sulfide) groups is 1. The molecule has 2 rings (SSSR count).